The Labute approximate surface area is 102 Å². The van der Waals surface area contributed by atoms with Crippen molar-refractivity contribution in [1.82, 2.24) is 9.97 Å². The molecule has 0 aliphatic carbocycles. The first-order valence-electron chi connectivity index (χ1n) is 5.96. The predicted molar refractivity (Wildman–Crippen MR) is 68.8 cm³/mol. The van der Waals surface area contributed by atoms with Gasteiger partial charge in [-0.05, 0) is 13.3 Å². The van der Waals surface area contributed by atoms with Crippen LogP contribution in [0.25, 0.3) is 0 Å². The summed E-state index contributed by atoms with van der Waals surface area (Å²) in [5, 5.41) is 3.18. The van der Waals surface area contributed by atoms with Crippen molar-refractivity contribution in [3.8, 4) is 0 Å². The Hall–Kier alpha value is -1.40. The van der Waals surface area contributed by atoms with Gasteiger partial charge in [-0.1, -0.05) is 6.92 Å². The number of hydrogen-bond donors (Lipinski definition) is 3. The van der Waals surface area contributed by atoms with Gasteiger partial charge >= 0.3 is 0 Å². The lowest BCUT2D eigenvalue weighted by atomic mass is 10.3. The summed E-state index contributed by atoms with van der Waals surface area (Å²) < 4.78 is 5.24. The van der Waals surface area contributed by atoms with Crippen LogP contribution in [0.5, 0.6) is 0 Å². The number of anilines is 2. The van der Waals surface area contributed by atoms with E-state index in [9.17, 15) is 0 Å². The number of nitrogen functional groups attached to an aromatic ring is 1. The van der Waals surface area contributed by atoms with Crippen molar-refractivity contribution in [3.05, 3.63) is 11.9 Å². The van der Waals surface area contributed by atoms with Crippen LogP contribution in [0.4, 0.5) is 11.6 Å². The van der Waals surface area contributed by atoms with Gasteiger partial charge in [0.2, 0.25) is 0 Å². The second kappa shape index (κ2) is 7.81. The van der Waals surface area contributed by atoms with Crippen molar-refractivity contribution in [1.29, 1.82) is 0 Å². The summed E-state index contributed by atoms with van der Waals surface area (Å²) in [4.78, 5) is 8.66. The highest BCUT2D eigenvalue weighted by Crippen LogP contribution is 2.11. The van der Waals surface area contributed by atoms with Crippen molar-refractivity contribution in [3.63, 3.8) is 0 Å². The standard InChI is InChI=1S/C11H21N5O/c1-3-5-9-14-10(8-11(15-9)16-12)13-6-7-17-4-2/h8H,3-7,12H2,1-2H3,(H2,13,14,15,16). The maximum absolute atomic E-state index is 5.37. The zero-order chi connectivity index (χ0) is 12.5. The maximum atomic E-state index is 5.37. The Balaban J connectivity index is 2.59. The first kappa shape index (κ1) is 13.7. The number of aromatic nitrogens is 2. The second-order valence-electron chi connectivity index (χ2n) is 3.57. The van der Waals surface area contributed by atoms with E-state index in [2.05, 4.69) is 27.6 Å². The van der Waals surface area contributed by atoms with Crippen molar-refractivity contribution in [2.24, 2.45) is 5.84 Å². The summed E-state index contributed by atoms with van der Waals surface area (Å²) in [7, 11) is 0. The van der Waals surface area contributed by atoms with E-state index >= 15 is 0 Å². The Morgan fingerprint density at radius 1 is 1.29 bits per heavy atom. The van der Waals surface area contributed by atoms with E-state index in [0.717, 1.165) is 37.6 Å². The number of nitrogens with one attached hydrogen (secondary N) is 2. The molecule has 0 aliphatic rings. The van der Waals surface area contributed by atoms with Crippen LogP contribution in [-0.2, 0) is 11.2 Å². The van der Waals surface area contributed by atoms with Crippen molar-refractivity contribution < 1.29 is 4.74 Å². The molecule has 0 saturated heterocycles. The molecule has 0 atom stereocenters. The minimum atomic E-state index is 0.627. The van der Waals surface area contributed by atoms with Gasteiger partial charge in [-0.3, -0.25) is 0 Å². The van der Waals surface area contributed by atoms with Crippen LogP contribution in [0.3, 0.4) is 0 Å². The van der Waals surface area contributed by atoms with Crippen LogP contribution in [0, 0.1) is 0 Å². The van der Waals surface area contributed by atoms with E-state index in [1.54, 1.807) is 6.07 Å². The highest BCUT2D eigenvalue weighted by atomic mass is 16.5. The summed E-state index contributed by atoms with van der Waals surface area (Å²) in [5.74, 6) is 7.56. The SMILES string of the molecule is CCCc1nc(NN)cc(NCCOCC)n1. The second-order valence-corrected chi connectivity index (χ2v) is 3.57. The molecule has 4 N–H and O–H groups in total. The molecule has 1 aromatic rings. The molecule has 6 nitrogen and oxygen atoms in total. The van der Waals surface area contributed by atoms with Crippen molar-refractivity contribution in [2.45, 2.75) is 26.7 Å². The number of hydrogen-bond acceptors (Lipinski definition) is 6. The maximum Gasteiger partial charge on any atom is 0.145 e. The number of ether oxygens (including phenoxy) is 1. The minimum Gasteiger partial charge on any atom is -0.380 e. The molecule has 0 bridgehead atoms. The zero-order valence-electron chi connectivity index (χ0n) is 10.5. The first-order chi connectivity index (χ1) is 8.30. The third-order valence-electron chi connectivity index (χ3n) is 2.15. The molecule has 0 saturated carbocycles. The van der Waals surface area contributed by atoms with Gasteiger partial charge in [-0.25, -0.2) is 15.8 Å². The van der Waals surface area contributed by atoms with Gasteiger partial charge in [0.25, 0.3) is 0 Å². The van der Waals surface area contributed by atoms with E-state index in [1.807, 2.05) is 6.92 Å². The first-order valence-corrected chi connectivity index (χ1v) is 5.96. The molecule has 0 aliphatic heterocycles. The minimum absolute atomic E-state index is 0.627. The summed E-state index contributed by atoms with van der Waals surface area (Å²) >= 11 is 0. The Bertz CT molecular complexity index is 332. The van der Waals surface area contributed by atoms with Crippen LogP contribution in [-0.4, -0.2) is 29.7 Å². The fourth-order valence-corrected chi connectivity index (χ4v) is 1.39. The van der Waals surface area contributed by atoms with Crippen LogP contribution >= 0.6 is 0 Å². The normalized spacial score (nSPS) is 10.3. The molecule has 1 heterocycles. The molecule has 0 amide bonds. The summed E-state index contributed by atoms with van der Waals surface area (Å²) in [6.07, 6.45) is 1.85. The highest BCUT2D eigenvalue weighted by Gasteiger charge is 2.02. The van der Waals surface area contributed by atoms with Gasteiger partial charge in [0.15, 0.2) is 0 Å². The smallest absolute Gasteiger partial charge is 0.145 e. The fourth-order valence-electron chi connectivity index (χ4n) is 1.39. The van der Waals surface area contributed by atoms with E-state index in [0.29, 0.717) is 12.4 Å². The molecule has 96 valence electrons. The summed E-state index contributed by atoms with van der Waals surface area (Å²) in [6.45, 7) is 6.17. The average molecular weight is 239 g/mol. The van der Waals surface area contributed by atoms with E-state index in [-0.39, 0.29) is 0 Å². The molecule has 1 rings (SSSR count). The summed E-state index contributed by atoms with van der Waals surface area (Å²) in [6, 6.07) is 1.78. The molecule has 0 aromatic carbocycles. The third kappa shape index (κ3) is 4.97. The van der Waals surface area contributed by atoms with Crippen LogP contribution in [0.2, 0.25) is 0 Å². The Kier molecular flexibility index (Phi) is 6.27. The number of nitrogens with zero attached hydrogens (tertiary/aromatic N) is 2. The zero-order valence-corrected chi connectivity index (χ0v) is 10.5. The quantitative estimate of drug-likeness (QED) is 0.358. The lowest BCUT2D eigenvalue weighted by molar-refractivity contribution is 0.158. The van der Waals surface area contributed by atoms with Gasteiger partial charge < -0.3 is 15.5 Å². The predicted octanol–water partition coefficient (Wildman–Crippen LogP) is 1.16. The monoisotopic (exact) mass is 239 g/mol. The lowest BCUT2D eigenvalue weighted by Gasteiger charge is -2.09. The number of aryl methyl sites for hydroxylation is 1. The van der Waals surface area contributed by atoms with Crippen LogP contribution in [0.1, 0.15) is 26.1 Å². The topological polar surface area (TPSA) is 85.1 Å². The van der Waals surface area contributed by atoms with Gasteiger partial charge in [0, 0.05) is 25.6 Å². The molecule has 0 spiro atoms. The van der Waals surface area contributed by atoms with Gasteiger partial charge in [-0.15, -0.1) is 0 Å². The summed E-state index contributed by atoms with van der Waals surface area (Å²) in [5.41, 5.74) is 2.55. The van der Waals surface area contributed by atoms with Crippen molar-refractivity contribution in [2.75, 3.05) is 30.5 Å². The average Bonchev–Trinajstić information content (AvgIpc) is 2.35. The highest BCUT2D eigenvalue weighted by molar-refractivity contribution is 5.46. The van der Waals surface area contributed by atoms with E-state index in [4.69, 9.17) is 10.6 Å². The molecule has 0 fully saturated rings. The van der Waals surface area contributed by atoms with Gasteiger partial charge in [-0.2, -0.15) is 0 Å². The van der Waals surface area contributed by atoms with Crippen LogP contribution < -0.4 is 16.6 Å². The molecule has 1 aromatic heterocycles. The van der Waals surface area contributed by atoms with Crippen LogP contribution in [0.15, 0.2) is 6.07 Å². The Morgan fingerprint density at radius 2 is 2.06 bits per heavy atom. The molecule has 6 heteroatoms. The van der Waals surface area contributed by atoms with E-state index in [1.165, 1.54) is 0 Å². The van der Waals surface area contributed by atoms with Gasteiger partial charge in [0.05, 0.1) is 6.61 Å². The fraction of sp³-hybridized carbons (Fsp3) is 0.636. The lowest BCUT2D eigenvalue weighted by Crippen LogP contribution is -2.14. The third-order valence-corrected chi connectivity index (χ3v) is 2.15. The van der Waals surface area contributed by atoms with Crippen molar-refractivity contribution >= 4 is 11.6 Å². The largest absolute Gasteiger partial charge is 0.380 e. The molecular formula is C11H21N5O. The number of rotatable bonds is 8. The number of hydrazine groups is 1. The molecule has 0 radical (unpaired) electrons. The molecule has 17 heavy (non-hydrogen) atoms. The van der Waals surface area contributed by atoms with Gasteiger partial charge in [0.1, 0.15) is 17.5 Å². The number of nitrogens with two attached hydrogens (primary N) is 1. The molecule has 0 unspecified atom stereocenters. The molecular weight excluding hydrogens is 218 g/mol. The van der Waals surface area contributed by atoms with E-state index < -0.39 is 0 Å². The Morgan fingerprint density at radius 3 is 2.71 bits per heavy atom.